The Hall–Kier alpha value is -1.04. The van der Waals surface area contributed by atoms with Crippen LogP contribution in [0.15, 0.2) is 0 Å². The van der Waals surface area contributed by atoms with Crippen LogP contribution in [0.1, 0.15) is 233 Å². The lowest BCUT2D eigenvalue weighted by molar-refractivity contribution is -0.194. The number of rotatable bonds is 44. The van der Waals surface area contributed by atoms with E-state index in [4.69, 9.17) is 18.9 Å². The van der Waals surface area contributed by atoms with E-state index in [2.05, 4.69) is 45.7 Å². The van der Waals surface area contributed by atoms with E-state index in [-0.39, 0.29) is 43.7 Å². The molecule has 0 aliphatic carbocycles. The lowest BCUT2D eigenvalue weighted by Gasteiger charge is -2.40. The molecule has 0 aromatic rings. The van der Waals surface area contributed by atoms with Crippen LogP contribution in [0.2, 0.25) is 25.7 Å². The van der Waals surface area contributed by atoms with Gasteiger partial charge in [0, 0.05) is 14.7 Å². The molecule has 368 valence electrons. The maximum absolute atomic E-state index is 14.1. The largest absolute Gasteiger partial charge is 0.457 e. The zero-order valence-corrected chi connectivity index (χ0v) is 42.7. The first-order valence-corrected chi connectivity index (χ1v) is 30.4. The summed E-state index contributed by atoms with van der Waals surface area (Å²) in [6.45, 7) is 14.2. The van der Waals surface area contributed by atoms with Gasteiger partial charge in [0.05, 0.1) is 37.7 Å². The number of unbranched alkanes of at least 4 members (excludes halogenated alkanes) is 26. The van der Waals surface area contributed by atoms with E-state index in [1.54, 1.807) is 0 Å². The van der Waals surface area contributed by atoms with Gasteiger partial charge in [-0.1, -0.05) is 227 Å². The molecule has 3 N–H and O–H groups in total. The summed E-state index contributed by atoms with van der Waals surface area (Å²) in [6.07, 6.45) is 34.8. The Bertz CT molecular complexity index is 1000. The second-order valence-electron chi connectivity index (χ2n) is 20.2. The molecule has 0 radical (unpaired) electrons. The molecule has 0 spiro atoms. The molecular formula is C52H103NO8Si. The monoisotopic (exact) mass is 898 g/mol. The number of aliphatic hydroxyl groups is 2. The molecule has 62 heavy (non-hydrogen) atoms. The zero-order chi connectivity index (χ0) is 45.5. The van der Waals surface area contributed by atoms with Gasteiger partial charge in [-0.2, -0.15) is 0 Å². The van der Waals surface area contributed by atoms with Crippen molar-refractivity contribution in [1.29, 1.82) is 0 Å². The van der Waals surface area contributed by atoms with Crippen molar-refractivity contribution in [3.05, 3.63) is 0 Å². The van der Waals surface area contributed by atoms with Crippen molar-refractivity contribution in [1.82, 2.24) is 5.32 Å². The van der Waals surface area contributed by atoms with Gasteiger partial charge < -0.3 is 34.5 Å². The first-order chi connectivity index (χ1) is 30.1. The number of amides is 1. The van der Waals surface area contributed by atoms with Gasteiger partial charge >= 0.3 is 5.97 Å². The van der Waals surface area contributed by atoms with Gasteiger partial charge in [-0.3, -0.25) is 9.59 Å². The third kappa shape index (κ3) is 32.6. The van der Waals surface area contributed by atoms with Gasteiger partial charge in [0.2, 0.25) is 5.91 Å². The SMILES string of the molecule is CCCCCCCCCCCCC(CCCCCCCCCCCC)C(=O)O[C@H]1[C@H](O)[C@@H](CO)OC[C@@H]1NC(=O)C[C@@H](CCCCCCCCCCC)OCOCC[Si](C)(C)C. The predicted molar refractivity (Wildman–Crippen MR) is 261 cm³/mol. The molecule has 1 aliphatic rings. The number of hydrogen-bond acceptors (Lipinski definition) is 8. The van der Waals surface area contributed by atoms with Gasteiger partial charge in [0.15, 0.2) is 6.10 Å². The molecular weight excluding hydrogens is 795 g/mol. The van der Waals surface area contributed by atoms with Crippen molar-refractivity contribution < 1.29 is 38.7 Å². The van der Waals surface area contributed by atoms with Crippen LogP contribution in [0, 0.1) is 5.92 Å². The average Bonchev–Trinajstić information content (AvgIpc) is 3.24. The zero-order valence-electron chi connectivity index (χ0n) is 41.7. The summed E-state index contributed by atoms with van der Waals surface area (Å²) in [6, 6.07) is 0.318. The standard InChI is InChI=1S/C52H103NO8Si/c1-7-10-13-16-19-22-25-27-30-33-36-45(37-34-31-28-26-23-20-17-14-11-8-2)52(57)61-51-47(43-59-48(42-54)50(51)56)53-49(55)41-46(60-44-58-39-40-62(4,5)6)38-35-32-29-24-21-18-15-12-9-3/h45-48,50-51,54,56H,7-44H2,1-6H3,(H,53,55)/t46-,47+,48-,50-,51-/m1/s1. The van der Waals surface area contributed by atoms with E-state index >= 15 is 0 Å². The first-order valence-electron chi connectivity index (χ1n) is 26.7. The summed E-state index contributed by atoms with van der Waals surface area (Å²) < 4.78 is 24.1. The van der Waals surface area contributed by atoms with E-state index in [0.29, 0.717) is 6.61 Å². The number of nitrogens with one attached hydrogen (secondary N) is 1. The smallest absolute Gasteiger partial charge is 0.309 e. The third-order valence-electron chi connectivity index (χ3n) is 13.0. The molecule has 1 heterocycles. The van der Waals surface area contributed by atoms with Gasteiger partial charge in [0.25, 0.3) is 0 Å². The van der Waals surface area contributed by atoms with E-state index in [0.717, 1.165) is 63.8 Å². The molecule has 0 aromatic heterocycles. The van der Waals surface area contributed by atoms with E-state index in [1.807, 2.05) is 0 Å². The minimum absolute atomic E-state index is 0.0388. The molecule has 5 atom stereocenters. The maximum atomic E-state index is 14.1. The number of esters is 1. The topological polar surface area (TPSA) is 124 Å². The lowest BCUT2D eigenvalue weighted by atomic mass is 9.93. The molecule has 1 rings (SSSR count). The molecule has 9 nitrogen and oxygen atoms in total. The van der Waals surface area contributed by atoms with Crippen LogP contribution in [-0.2, 0) is 28.5 Å². The summed E-state index contributed by atoms with van der Waals surface area (Å²) in [7, 11) is -1.23. The average molecular weight is 898 g/mol. The number of aliphatic hydroxyl groups excluding tert-OH is 2. The normalized spacial score (nSPS) is 18.7. The third-order valence-corrected chi connectivity index (χ3v) is 14.7. The summed E-state index contributed by atoms with van der Waals surface area (Å²) in [5.41, 5.74) is 0. The highest BCUT2D eigenvalue weighted by atomic mass is 28.3. The Labute approximate surface area is 384 Å². The summed E-state index contributed by atoms with van der Waals surface area (Å²) in [5.74, 6) is -0.794. The Kier molecular flexibility index (Phi) is 38.3. The summed E-state index contributed by atoms with van der Waals surface area (Å²) in [4.78, 5) is 27.8. The number of carbonyl (C=O) groups is 2. The Morgan fingerprint density at radius 1 is 0.645 bits per heavy atom. The van der Waals surface area contributed by atoms with Crippen molar-refractivity contribution in [2.24, 2.45) is 5.92 Å². The quantitative estimate of drug-likeness (QED) is 0.0239. The minimum atomic E-state index is -1.26. The van der Waals surface area contributed by atoms with E-state index in [1.165, 1.54) is 148 Å². The van der Waals surface area contributed by atoms with Crippen LogP contribution in [0.3, 0.4) is 0 Å². The molecule has 1 saturated heterocycles. The molecule has 0 bridgehead atoms. The molecule has 1 fully saturated rings. The Morgan fingerprint density at radius 2 is 1.06 bits per heavy atom. The summed E-state index contributed by atoms with van der Waals surface area (Å²) in [5, 5.41) is 24.5. The van der Waals surface area contributed by atoms with Gasteiger partial charge in [-0.25, -0.2) is 0 Å². The second kappa shape index (κ2) is 40.2. The number of carbonyl (C=O) groups excluding carboxylic acids is 2. The van der Waals surface area contributed by atoms with Crippen LogP contribution >= 0.6 is 0 Å². The van der Waals surface area contributed by atoms with Crippen LogP contribution < -0.4 is 5.32 Å². The van der Waals surface area contributed by atoms with Crippen molar-refractivity contribution in [3.63, 3.8) is 0 Å². The fourth-order valence-electron chi connectivity index (χ4n) is 8.65. The van der Waals surface area contributed by atoms with Crippen LogP contribution in [-0.4, -0.2) is 87.2 Å². The number of hydrogen-bond donors (Lipinski definition) is 3. The minimum Gasteiger partial charge on any atom is -0.457 e. The second-order valence-corrected chi connectivity index (χ2v) is 25.8. The van der Waals surface area contributed by atoms with Gasteiger partial charge in [0.1, 0.15) is 19.0 Å². The fraction of sp³-hybridized carbons (Fsp3) is 0.962. The molecule has 0 aromatic carbocycles. The molecule has 1 aliphatic heterocycles. The molecule has 0 saturated carbocycles. The van der Waals surface area contributed by atoms with Gasteiger partial charge in [-0.15, -0.1) is 0 Å². The Morgan fingerprint density at radius 3 is 1.48 bits per heavy atom. The van der Waals surface area contributed by atoms with Crippen molar-refractivity contribution in [3.8, 4) is 0 Å². The van der Waals surface area contributed by atoms with Crippen molar-refractivity contribution in [2.75, 3.05) is 26.6 Å². The number of ether oxygens (including phenoxy) is 4. The van der Waals surface area contributed by atoms with Crippen LogP contribution in [0.25, 0.3) is 0 Å². The molecule has 1 amide bonds. The fourth-order valence-corrected chi connectivity index (χ4v) is 9.41. The molecule has 0 unspecified atom stereocenters. The summed E-state index contributed by atoms with van der Waals surface area (Å²) >= 11 is 0. The highest BCUT2D eigenvalue weighted by Gasteiger charge is 2.43. The highest BCUT2D eigenvalue weighted by molar-refractivity contribution is 6.76. The van der Waals surface area contributed by atoms with Gasteiger partial charge in [-0.05, 0) is 25.3 Å². The van der Waals surface area contributed by atoms with Crippen molar-refractivity contribution in [2.45, 2.75) is 289 Å². The Balaban J connectivity index is 2.88. The van der Waals surface area contributed by atoms with Crippen LogP contribution in [0.4, 0.5) is 0 Å². The predicted octanol–water partition coefficient (Wildman–Crippen LogP) is 13.4. The lowest BCUT2D eigenvalue weighted by Crippen LogP contribution is -2.61. The maximum Gasteiger partial charge on any atom is 0.309 e. The molecule has 10 heteroatoms. The van der Waals surface area contributed by atoms with Crippen molar-refractivity contribution >= 4 is 20.0 Å². The van der Waals surface area contributed by atoms with E-state index < -0.39 is 39.0 Å². The first kappa shape index (κ1) is 59.0. The van der Waals surface area contributed by atoms with Crippen LogP contribution in [0.5, 0.6) is 0 Å². The van der Waals surface area contributed by atoms with E-state index in [9.17, 15) is 19.8 Å². The highest BCUT2D eigenvalue weighted by Crippen LogP contribution is 2.26.